The van der Waals surface area contributed by atoms with Gasteiger partial charge in [-0.2, -0.15) is 0 Å². The van der Waals surface area contributed by atoms with E-state index in [-0.39, 0.29) is 5.92 Å². The normalized spacial score (nSPS) is 19.1. The van der Waals surface area contributed by atoms with Crippen LogP contribution in [0.25, 0.3) is 0 Å². The quantitative estimate of drug-likeness (QED) is 0.654. The smallest absolute Gasteiger partial charge is 0.130 e. The summed E-state index contributed by atoms with van der Waals surface area (Å²) in [4.78, 5) is 0. The number of nitrogens with one attached hydrogen (secondary N) is 1. The average molecular weight is 279 g/mol. The molecule has 1 atom stereocenters. The van der Waals surface area contributed by atoms with Crippen LogP contribution in [0.15, 0.2) is 49.7 Å². The fourth-order valence-electron chi connectivity index (χ4n) is 1.91. The van der Waals surface area contributed by atoms with Gasteiger partial charge in [-0.3, -0.25) is 0 Å². The summed E-state index contributed by atoms with van der Waals surface area (Å²) < 4.78 is 26.8. The lowest BCUT2D eigenvalue weighted by Gasteiger charge is -2.14. The lowest BCUT2D eigenvalue weighted by Crippen LogP contribution is -2.09. The fraction of sp³-hybridized carbons (Fsp3) is 0.294. The Morgan fingerprint density at radius 3 is 2.45 bits per heavy atom. The molecule has 110 valence electrons. The Kier molecular flexibility index (Phi) is 9.01. The number of hydrogen-bond donors (Lipinski definition) is 1. The molecular weight excluding hydrogens is 256 g/mol. The van der Waals surface area contributed by atoms with E-state index in [4.69, 9.17) is 0 Å². The van der Waals surface area contributed by atoms with Gasteiger partial charge in [-0.25, -0.2) is 8.78 Å². The van der Waals surface area contributed by atoms with Gasteiger partial charge in [0.1, 0.15) is 11.6 Å². The standard InChI is InChI=1S/C13H13F2N.C2H6.C2H4/c1-9-4-2-3-5-16-8-10-6-11(14)7-12(15)13(9)10;2*1-2/h2-7,9,16H,8H2,1H3;1-2H3;1-2H2/b4-2-,5-3-;;. The van der Waals surface area contributed by atoms with Crippen LogP contribution >= 0.6 is 0 Å². The molecule has 0 saturated carbocycles. The molecule has 0 aliphatic carbocycles. The molecular formula is C17H23F2N. The molecule has 1 N–H and O–H groups in total. The zero-order valence-corrected chi connectivity index (χ0v) is 12.4. The predicted octanol–water partition coefficient (Wildman–Crippen LogP) is 5.07. The molecule has 0 aromatic heterocycles. The number of hydrogen-bond acceptors (Lipinski definition) is 1. The molecule has 3 heteroatoms. The van der Waals surface area contributed by atoms with Gasteiger partial charge in [-0.15, -0.1) is 13.2 Å². The SMILES string of the molecule is C=C.CC.CC1/C=C\C=C/NCc2cc(F)cc(F)c21. The van der Waals surface area contributed by atoms with Gasteiger partial charge in [0.25, 0.3) is 0 Å². The summed E-state index contributed by atoms with van der Waals surface area (Å²) in [6, 6.07) is 2.32. The maximum absolute atomic E-state index is 13.7. The third kappa shape index (κ3) is 5.00. The van der Waals surface area contributed by atoms with E-state index in [1.165, 1.54) is 6.07 Å². The molecule has 1 unspecified atom stereocenters. The third-order valence-corrected chi connectivity index (χ3v) is 2.65. The van der Waals surface area contributed by atoms with E-state index in [0.717, 1.165) is 6.07 Å². The number of fused-ring (bicyclic) bond motifs is 1. The summed E-state index contributed by atoms with van der Waals surface area (Å²) in [6.45, 7) is 12.3. The minimum Gasteiger partial charge on any atom is -0.387 e. The second-order valence-corrected chi connectivity index (χ2v) is 3.87. The molecule has 1 aromatic rings. The van der Waals surface area contributed by atoms with Crippen molar-refractivity contribution >= 4 is 0 Å². The summed E-state index contributed by atoms with van der Waals surface area (Å²) in [6.07, 6.45) is 7.36. The van der Waals surface area contributed by atoms with Gasteiger partial charge >= 0.3 is 0 Å². The van der Waals surface area contributed by atoms with Crippen molar-refractivity contribution in [1.82, 2.24) is 5.32 Å². The minimum atomic E-state index is -0.530. The number of rotatable bonds is 0. The second-order valence-electron chi connectivity index (χ2n) is 3.87. The van der Waals surface area contributed by atoms with Crippen LogP contribution in [0.1, 0.15) is 37.8 Å². The second kappa shape index (κ2) is 9.96. The molecule has 0 spiro atoms. The van der Waals surface area contributed by atoms with Crippen LogP contribution in [0.4, 0.5) is 8.78 Å². The third-order valence-electron chi connectivity index (χ3n) is 2.65. The van der Waals surface area contributed by atoms with E-state index < -0.39 is 11.6 Å². The van der Waals surface area contributed by atoms with Crippen LogP contribution in [0, 0.1) is 11.6 Å². The largest absolute Gasteiger partial charge is 0.387 e. The first-order chi connectivity index (χ1) is 9.68. The Morgan fingerprint density at radius 1 is 1.15 bits per heavy atom. The van der Waals surface area contributed by atoms with Crippen molar-refractivity contribution in [3.05, 3.63) is 72.5 Å². The molecule has 0 radical (unpaired) electrons. The Bertz CT molecular complexity index is 464. The molecule has 0 saturated heterocycles. The molecule has 2 rings (SSSR count). The number of allylic oxidation sites excluding steroid dienone is 3. The van der Waals surface area contributed by atoms with Crippen molar-refractivity contribution in [3.8, 4) is 0 Å². The van der Waals surface area contributed by atoms with E-state index in [1.807, 2.05) is 39.0 Å². The van der Waals surface area contributed by atoms with Crippen LogP contribution in [0.5, 0.6) is 0 Å². The molecule has 0 fully saturated rings. The first-order valence-electron chi connectivity index (χ1n) is 6.73. The van der Waals surface area contributed by atoms with Crippen molar-refractivity contribution in [3.63, 3.8) is 0 Å². The summed E-state index contributed by atoms with van der Waals surface area (Å²) in [7, 11) is 0. The van der Waals surface area contributed by atoms with Crippen molar-refractivity contribution in [2.45, 2.75) is 33.2 Å². The summed E-state index contributed by atoms with van der Waals surface area (Å²) in [5.74, 6) is -1.06. The molecule has 20 heavy (non-hydrogen) atoms. The fourth-order valence-corrected chi connectivity index (χ4v) is 1.91. The molecule has 1 aliphatic rings. The highest BCUT2D eigenvalue weighted by Crippen LogP contribution is 2.26. The number of halogens is 2. The first kappa shape index (κ1) is 18.1. The zero-order valence-electron chi connectivity index (χ0n) is 12.4. The van der Waals surface area contributed by atoms with Gasteiger partial charge < -0.3 is 5.32 Å². The monoisotopic (exact) mass is 279 g/mol. The summed E-state index contributed by atoms with van der Waals surface area (Å²) >= 11 is 0. The zero-order chi connectivity index (χ0) is 15.5. The van der Waals surface area contributed by atoms with Gasteiger partial charge in [0.15, 0.2) is 0 Å². The van der Waals surface area contributed by atoms with Gasteiger partial charge in [0.2, 0.25) is 0 Å². The molecule has 1 nitrogen and oxygen atoms in total. The Labute approximate surface area is 120 Å². The van der Waals surface area contributed by atoms with E-state index in [0.29, 0.717) is 17.7 Å². The Hall–Kier alpha value is -1.90. The van der Waals surface area contributed by atoms with Gasteiger partial charge in [-0.05, 0) is 29.5 Å². The highest BCUT2D eigenvalue weighted by atomic mass is 19.1. The molecule has 1 heterocycles. The lowest BCUT2D eigenvalue weighted by atomic mass is 9.94. The van der Waals surface area contributed by atoms with Crippen LogP contribution < -0.4 is 5.32 Å². The Balaban J connectivity index is 0.000000829. The maximum Gasteiger partial charge on any atom is 0.130 e. The summed E-state index contributed by atoms with van der Waals surface area (Å²) in [5, 5.41) is 2.99. The predicted molar refractivity (Wildman–Crippen MR) is 82.5 cm³/mol. The minimum absolute atomic E-state index is 0.0554. The van der Waals surface area contributed by atoms with Crippen LogP contribution in [-0.4, -0.2) is 0 Å². The van der Waals surface area contributed by atoms with E-state index in [9.17, 15) is 8.78 Å². The lowest BCUT2D eigenvalue weighted by molar-refractivity contribution is 0.562. The highest BCUT2D eigenvalue weighted by molar-refractivity contribution is 5.35. The van der Waals surface area contributed by atoms with Crippen molar-refractivity contribution in [2.75, 3.05) is 0 Å². The van der Waals surface area contributed by atoms with Gasteiger partial charge in [0, 0.05) is 18.5 Å². The Morgan fingerprint density at radius 2 is 1.80 bits per heavy atom. The van der Waals surface area contributed by atoms with Gasteiger partial charge in [0.05, 0.1) is 0 Å². The van der Waals surface area contributed by atoms with Crippen molar-refractivity contribution < 1.29 is 8.78 Å². The van der Waals surface area contributed by atoms with Crippen LogP contribution in [-0.2, 0) is 6.54 Å². The molecule has 1 aliphatic heterocycles. The van der Waals surface area contributed by atoms with E-state index in [2.05, 4.69) is 18.5 Å². The number of benzene rings is 1. The van der Waals surface area contributed by atoms with Crippen LogP contribution in [0.3, 0.4) is 0 Å². The molecule has 0 bridgehead atoms. The van der Waals surface area contributed by atoms with Crippen molar-refractivity contribution in [1.29, 1.82) is 0 Å². The summed E-state index contributed by atoms with van der Waals surface area (Å²) in [5.41, 5.74) is 1.23. The average Bonchev–Trinajstić information content (AvgIpc) is 2.54. The molecule has 1 aromatic carbocycles. The first-order valence-corrected chi connectivity index (χ1v) is 6.73. The highest BCUT2D eigenvalue weighted by Gasteiger charge is 2.15. The van der Waals surface area contributed by atoms with E-state index >= 15 is 0 Å². The van der Waals surface area contributed by atoms with E-state index in [1.54, 1.807) is 6.20 Å². The van der Waals surface area contributed by atoms with Crippen molar-refractivity contribution in [2.24, 2.45) is 0 Å². The molecule has 0 amide bonds. The van der Waals surface area contributed by atoms with Crippen LogP contribution in [0.2, 0.25) is 0 Å². The maximum atomic E-state index is 13.7. The topological polar surface area (TPSA) is 12.0 Å². The van der Waals surface area contributed by atoms with Gasteiger partial charge in [-0.1, -0.05) is 32.9 Å².